The van der Waals surface area contributed by atoms with Crippen LogP contribution in [0, 0.1) is 0 Å². The first kappa shape index (κ1) is 11.3. The summed E-state index contributed by atoms with van der Waals surface area (Å²) in [7, 11) is 0. The Balaban J connectivity index is 1.95. The average molecular weight is 230 g/mol. The molecule has 0 amide bonds. The quantitative estimate of drug-likeness (QED) is 0.810. The van der Waals surface area contributed by atoms with Crippen LogP contribution in [0.4, 0.5) is 5.69 Å². The summed E-state index contributed by atoms with van der Waals surface area (Å²) in [6.45, 7) is 0.923. The molecule has 0 fully saturated rings. The molecule has 17 heavy (non-hydrogen) atoms. The van der Waals surface area contributed by atoms with Gasteiger partial charge < -0.3 is 15.0 Å². The third-order valence-electron chi connectivity index (χ3n) is 2.41. The van der Waals surface area contributed by atoms with Gasteiger partial charge in [-0.3, -0.25) is 4.79 Å². The molecule has 0 saturated carbocycles. The Kier molecular flexibility index (Phi) is 3.45. The van der Waals surface area contributed by atoms with Crippen molar-refractivity contribution in [1.82, 2.24) is 4.57 Å². The lowest BCUT2D eigenvalue weighted by Crippen LogP contribution is -2.21. The number of aromatic nitrogens is 1. The van der Waals surface area contributed by atoms with E-state index in [9.17, 15) is 4.79 Å². The molecule has 0 saturated heterocycles. The predicted octanol–water partition coefficient (Wildman–Crippen LogP) is 1.51. The van der Waals surface area contributed by atoms with Crippen LogP contribution in [0.15, 0.2) is 53.5 Å². The first-order valence-corrected chi connectivity index (χ1v) is 5.40. The summed E-state index contributed by atoms with van der Waals surface area (Å²) < 4.78 is 7.11. The molecule has 0 spiro atoms. The van der Waals surface area contributed by atoms with Gasteiger partial charge in [-0.15, -0.1) is 0 Å². The van der Waals surface area contributed by atoms with Crippen molar-refractivity contribution in [2.24, 2.45) is 0 Å². The van der Waals surface area contributed by atoms with E-state index >= 15 is 0 Å². The van der Waals surface area contributed by atoms with E-state index in [4.69, 9.17) is 10.5 Å². The van der Waals surface area contributed by atoms with Gasteiger partial charge in [0.15, 0.2) is 0 Å². The van der Waals surface area contributed by atoms with Crippen LogP contribution in [-0.2, 0) is 6.54 Å². The van der Waals surface area contributed by atoms with Gasteiger partial charge in [0.1, 0.15) is 12.4 Å². The molecule has 0 aliphatic rings. The standard InChI is InChI=1S/C13H14N2O2/c14-11-5-1-2-6-12(11)17-10-9-15-8-4-3-7-13(15)16/h1-8H,9-10,14H2. The second kappa shape index (κ2) is 5.21. The molecule has 88 valence electrons. The van der Waals surface area contributed by atoms with Gasteiger partial charge in [0.25, 0.3) is 5.56 Å². The highest BCUT2D eigenvalue weighted by Gasteiger charge is 1.99. The SMILES string of the molecule is Nc1ccccc1OCCn1ccccc1=O. The van der Waals surface area contributed by atoms with Gasteiger partial charge in [0.05, 0.1) is 12.2 Å². The van der Waals surface area contributed by atoms with Crippen molar-refractivity contribution in [1.29, 1.82) is 0 Å². The first-order valence-electron chi connectivity index (χ1n) is 5.40. The summed E-state index contributed by atoms with van der Waals surface area (Å²) in [5.41, 5.74) is 6.31. The number of nitrogens with two attached hydrogens (primary N) is 1. The zero-order valence-corrected chi connectivity index (χ0v) is 9.37. The van der Waals surface area contributed by atoms with E-state index in [0.29, 0.717) is 24.6 Å². The van der Waals surface area contributed by atoms with E-state index in [1.54, 1.807) is 22.9 Å². The molecule has 0 unspecified atom stereocenters. The Labute approximate surface area is 99.3 Å². The molecule has 2 aromatic rings. The Bertz CT molecular complexity index is 549. The summed E-state index contributed by atoms with van der Waals surface area (Å²) in [6.07, 6.45) is 1.74. The van der Waals surface area contributed by atoms with Crippen LogP contribution in [0.5, 0.6) is 5.75 Å². The van der Waals surface area contributed by atoms with Crippen LogP contribution in [0.1, 0.15) is 0 Å². The number of benzene rings is 1. The fourth-order valence-corrected chi connectivity index (χ4v) is 1.51. The van der Waals surface area contributed by atoms with Crippen molar-refractivity contribution in [3.05, 3.63) is 59.0 Å². The van der Waals surface area contributed by atoms with E-state index in [1.807, 2.05) is 24.3 Å². The molecule has 1 aromatic carbocycles. The normalized spacial score (nSPS) is 10.1. The Morgan fingerprint density at radius 1 is 1.12 bits per heavy atom. The number of anilines is 1. The Morgan fingerprint density at radius 2 is 1.88 bits per heavy atom. The largest absolute Gasteiger partial charge is 0.490 e. The maximum absolute atomic E-state index is 11.4. The van der Waals surface area contributed by atoms with Crippen molar-refractivity contribution >= 4 is 5.69 Å². The van der Waals surface area contributed by atoms with Gasteiger partial charge in [0, 0.05) is 12.3 Å². The van der Waals surface area contributed by atoms with Crippen molar-refractivity contribution < 1.29 is 4.74 Å². The molecule has 0 bridgehead atoms. The number of para-hydroxylation sites is 2. The molecule has 2 N–H and O–H groups in total. The van der Waals surface area contributed by atoms with Gasteiger partial charge in [-0.1, -0.05) is 18.2 Å². The molecule has 4 heteroatoms. The lowest BCUT2D eigenvalue weighted by atomic mass is 10.3. The Morgan fingerprint density at radius 3 is 2.65 bits per heavy atom. The minimum Gasteiger partial charge on any atom is -0.490 e. The number of ether oxygens (including phenoxy) is 1. The molecule has 1 heterocycles. The molecule has 4 nitrogen and oxygen atoms in total. The summed E-state index contributed by atoms with van der Waals surface area (Å²) in [4.78, 5) is 11.4. The Hall–Kier alpha value is -2.23. The summed E-state index contributed by atoms with van der Waals surface area (Å²) >= 11 is 0. The number of hydrogen-bond donors (Lipinski definition) is 1. The van der Waals surface area contributed by atoms with Crippen molar-refractivity contribution in [2.45, 2.75) is 6.54 Å². The van der Waals surface area contributed by atoms with E-state index < -0.39 is 0 Å². The number of hydrogen-bond acceptors (Lipinski definition) is 3. The second-order valence-electron chi connectivity index (χ2n) is 3.62. The zero-order valence-electron chi connectivity index (χ0n) is 9.37. The van der Waals surface area contributed by atoms with Crippen molar-refractivity contribution in [2.75, 3.05) is 12.3 Å². The van der Waals surface area contributed by atoms with Gasteiger partial charge >= 0.3 is 0 Å². The molecule has 1 aromatic heterocycles. The molecule has 0 aliphatic carbocycles. The van der Waals surface area contributed by atoms with Crippen LogP contribution in [0.25, 0.3) is 0 Å². The van der Waals surface area contributed by atoms with Crippen LogP contribution in [0.2, 0.25) is 0 Å². The minimum absolute atomic E-state index is 0.0304. The van der Waals surface area contributed by atoms with Gasteiger partial charge in [-0.05, 0) is 18.2 Å². The van der Waals surface area contributed by atoms with Crippen LogP contribution in [-0.4, -0.2) is 11.2 Å². The smallest absolute Gasteiger partial charge is 0.250 e. The van der Waals surface area contributed by atoms with Crippen LogP contribution in [0.3, 0.4) is 0 Å². The number of nitrogen functional groups attached to an aromatic ring is 1. The maximum atomic E-state index is 11.4. The van der Waals surface area contributed by atoms with Gasteiger partial charge in [-0.2, -0.15) is 0 Å². The van der Waals surface area contributed by atoms with E-state index in [2.05, 4.69) is 0 Å². The minimum atomic E-state index is -0.0304. The highest BCUT2D eigenvalue weighted by atomic mass is 16.5. The topological polar surface area (TPSA) is 57.2 Å². The molecular formula is C13H14N2O2. The molecule has 0 aliphatic heterocycles. The molecule has 0 radical (unpaired) electrons. The molecule has 2 rings (SSSR count). The highest BCUT2D eigenvalue weighted by Crippen LogP contribution is 2.19. The van der Waals surface area contributed by atoms with Crippen molar-refractivity contribution in [3.63, 3.8) is 0 Å². The van der Waals surface area contributed by atoms with E-state index in [0.717, 1.165) is 0 Å². The second-order valence-corrected chi connectivity index (χ2v) is 3.62. The van der Waals surface area contributed by atoms with Gasteiger partial charge in [-0.25, -0.2) is 0 Å². The summed E-state index contributed by atoms with van der Waals surface area (Å²) in [6, 6.07) is 12.4. The van der Waals surface area contributed by atoms with Gasteiger partial charge in [0.2, 0.25) is 0 Å². The fraction of sp³-hybridized carbons (Fsp3) is 0.154. The van der Waals surface area contributed by atoms with E-state index in [1.165, 1.54) is 6.07 Å². The third-order valence-corrected chi connectivity index (χ3v) is 2.41. The number of pyridine rings is 1. The maximum Gasteiger partial charge on any atom is 0.250 e. The summed E-state index contributed by atoms with van der Waals surface area (Å²) in [5.74, 6) is 0.650. The van der Waals surface area contributed by atoms with Crippen LogP contribution >= 0.6 is 0 Å². The van der Waals surface area contributed by atoms with Crippen LogP contribution < -0.4 is 16.0 Å². The lowest BCUT2D eigenvalue weighted by Gasteiger charge is -2.09. The molecular weight excluding hydrogens is 216 g/mol. The highest BCUT2D eigenvalue weighted by molar-refractivity contribution is 5.51. The molecule has 0 atom stereocenters. The zero-order chi connectivity index (χ0) is 12.1. The van der Waals surface area contributed by atoms with E-state index in [-0.39, 0.29) is 5.56 Å². The fourth-order valence-electron chi connectivity index (χ4n) is 1.51. The average Bonchev–Trinajstić information content (AvgIpc) is 2.34. The lowest BCUT2D eigenvalue weighted by molar-refractivity contribution is 0.298. The third kappa shape index (κ3) is 2.87. The first-order chi connectivity index (χ1) is 8.27. The summed E-state index contributed by atoms with van der Waals surface area (Å²) in [5, 5.41) is 0. The number of nitrogens with zero attached hydrogens (tertiary/aromatic N) is 1. The monoisotopic (exact) mass is 230 g/mol. The van der Waals surface area contributed by atoms with Crippen molar-refractivity contribution in [3.8, 4) is 5.75 Å². The predicted molar refractivity (Wildman–Crippen MR) is 67.1 cm³/mol. The number of rotatable bonds is 4.